The summed E-state index contributed by atoms with van der Waals surface area (Å²) < 4.78 is 0. The number of para-hydroxylation sites is 1. The molecule has 2 aromatic rings. The number of nitrogens with one attached hydrogen (secondary N) is 1. The third kappa shape index (κ3) is 2.22. The van der Waals surface area contributed by atoms with Gasteiger partial charge in [-0.25, -0.2) is 0 Å². The smallest absolute Gasteiger partial charge is 0.153 e. The molecule has 0 atom stereocenters. The fourth-order valence-corrected chi connectivity index (χ4v) is 1.82. The number of nitrogens with zero attached hydrogens (tertiary/aromatic N) is 3. The van der Waals surface area contributed by atoms with Crippen LogP contribution in [0.5, 0.6) is 0 Å². The summed E-state index contributed by atoms with van der Waals surface area (Å²) in [4.78, 5) is 3.07. The second kappa shape index (κ2) is 5.44. The summed E-state index contributed by atoms with van der Waals surface area (Å²) in [6, 6.07) is 12.9. The Labute approximate surface area is 115 Å². The first-order valence-corrected chi connectivity index (χ1v) is 5.69. The molecule has 0 aliphatic rings. The summed E-state index contributed by atoms with van der Waals surface area (Å²) in [5, 5.41) is 27.7. The zero-order chi connectivity index (χ0) is 14.5. The van der Waals surface area contributed by atoms with Gasteiger partial charge in [-0.05, 0) is 12.1 Å². The van der Waals surface area contributed by atoms with E-state index in [1.165, 1.54) is 0 Å². The molecule has 0 radical (unpaired) electrons. The molecule has 0 saturated carbocycles. The van der Waals surface area contributed by atoms with Crippen molar-refractivity contribution in [3.63, 3.8) is 0 Å². The Morgan fingerprint density at radius 1 is 1.10 bits per heavy atom. The van der Waals surface area contributed by atoms with Crippen LogP contribution in [-0.4, -0.2) is 4.98 Å². The van der Waals surface area contributed by atoms with E-state index in [9.17, 15) is 0 Å². The van der Waals surface area contributed by atoms with Crippen molar-refractivity contribution < 1.29 is 0 Å². The number of H-pyrrole nitrogens is 1. The Bertz CT molecular complexity index is 831. The lowest BCUT2D eigenvalue weighted by Crippen LogP contribution is -2.03. The van der Waals surface area contributed by atoms with Gasteiger partial charge in [-0.2, -0.15) is 15.8 Å². The highest BCUT2D eigenvalue weighted by Gasteiger charge is 2.09. The first kappa shape index (κ1) is 13.0. The Kier molecular flexibility index (Phi) is 3.52. The molecule has 0 aliphatic carbocycles. The predicted molar refractivity (Wildman–Crippen MR) is 74.3 cm³/mol. The monoisotopic (exact) mass is 259 g/mol. The molecule has 0 unspecified atom stereocenters. The summed E-state index contributed by atoms with van der Waals surface area (Å²) >= 11 is 0. The number of allylic oxidation sites excluding steroid dienone is 2. The van der Waals surface area contributed by atoms with Gasteiger partial charge in [-0.1, -0.05) is 18.2 Å². The van der Waals surface area contributed by atoms with Crippen LogP contribution in [0.1, 0.15) is 5.56 Å². The Balaban J connectivity index is 2.60. The van der Waals surface area contributed by atoms with Gasteiger partial charge >= 0.3 is 0 Å². The van der Waals surface area contributed by atoms with Gasteiger partial charge in [0.25, 0.3) is 0 Å². The van der Waals surface area contributed by atoms with Crippen LogP contribution in [0.25, 0.3) is 17.0 Å². The van der Waals surface area contributed by atoms with Crippen molar-refractivity contribution in [2.24, 2.45) is 5.73 Å². The van der Waals surface area contributed by atoms with E-state index in [2.05, 4.69) is 4.98 Å². The maximum Gasteiger partial charge on any atom is 0.153 e. The molecule has 94 valence electrons. The second-order valence-electron chi connectivity index (χ2n) is 3.97. The summed E-state index contributed by atoms with van der Waals surface area (Å²) in [5.41, 5.74) is 7.11. The van der Waals surface area contributed by atoms with E-state index in [-0.39, 0.29) is 16.8 Å². The van der Waals surface area contributed by atoms with Crippen LogP contribution in [0.15, 0.2) is 47.3 Å². The summed E-state index contributed by atoms with van der Waals surface area (Å²) in [6.45, 7) is 0. The van der Waals surface area contributed by atoms with E-state index in [1.807, 2.05) is 30.3 Å². The molecule has 3 N–H and O–H groups in total. The van der Waals surface area contributed by atoms with Crippen molar-refractivity contribution in [3.8, 4) is 18.2 Å². The number of hydrogen-bond acceptors (Lipinski definition) is 4. The van der Waals surface area contributed by atoms with Crippen LogP contribution >= 0.6 is 0 Å². The number of hydrogen-bond donors (Lipinski definition) is 2. The van der Waals surface area contributed by atoms with Crippen molar-refractivity contribution in [3.05, 3.63) is 52.9 Å². The van der Waals surface area contributed by atoms with Crippen molar-refractivity contribution in [1.29, 1.82) is 15.8 Å². The summed E-state index contributed by atoms with van der Waals surface area (Å²) in [5.74, 6) is 0. The first-order chi connectivity index (χ1) is 9.71. The van der Waals surface area contributed by atoms with E-state index in [0.29, 0.717) is 0 Å². The Morgan fingerprint density at radius 3 is 2.45 bits per heavy atom. The highest BCUT2D eigenvalue weighted by molar-refractivity contribution is 5.90. The molecular weight excluding hydrogens is 250 g/mol. The third-order valence-corrected chi connectivity index (χ3v) is 2.82. The van der Waals surface area contributed by atoms with Crippen molar-refractivity contribution in [2.75, 3.05) is 0 Å². The molecule has 0 aliphatic heterocycles. The largest absolute Gasteiger partial charge is 0.396 e. The molecule has 0 bridgehead atoms. The quantitative estimate of drug-likeness (QED) is 0.636. The number of aromatic amines is 1. The maximum atomic E-state index is 9.15. The van der Waals surface area contributed by atoms with Gasteiger partial charge in [0.15, 0.2) is 5.57 Å². The molecule has 0 saturated heterocycles. The van der Waals surface area contributed by atoms with Crippen molar-refractivity contribution in [2.45, 2.75) is 0 Å². The molecule has 1 heterocycles. The van der Waals surface area contributed by atoms with Gasteiger partial charge in [0, 0.05) is 22.7 Å². The second-order valence-corrected chi connectivity index (χ2v) is 3.97. The van der Waals surface area contributed by atoms with Gasteiger partial charge in [-0.3, -0.25) is 0 Å². The van der Waals surface area contributed by atoms with E-state index < -0.39 is 0 Å². The zero-order valence-electron chi connectivity index (χ0n) is 10.4. The summed E-state index contributed by atoms with van der Waals surface area (Å²) in [6.07, 6.45) is 3.30. The van der Waals surface area contributed by atoms with Crippen LogP contribution < -0.4 is 5.73 Å². The van der Waals surface area contributed by atoms with E-state index in [0.717, 1.165) is 16.5 Å². The van der Waals surface area contributed by atoms with Crippen LogP contribution in [0.3, 0.4) is 0 Å². The molecule has 5 nitrogen and oxygen atoms in total. The third-order valence-electron chi connectivity index (χ3n) is 2.82. The summed E-state index contributed by atoms with van der Waals surface area (Å²) in [7, 11) is 0. The van der Waals surface area contributed by atoms with Crippen molar-refractivity contribution in [1.82, 2.24) is 4.98 Å². The number of aromatic nitrogens is 1. The fourth-order valence-electron chi connectivity index (χ4n) is 1.82. The van der Waals surface area contributed by atoms with Crippen molar-refractivity contribution >= 4 is 17.0 Å². The SMILES string of the molecule is N#CC(C#N)=C(N)/C(C#N)=C/c1c[nH]c2ccccc12. The first-order valence-electron chi connectivity index (χ1n) is 5.69. The standard InChI is InChI=1S/C15H9N5/c16-6-10(15(19)12(7-17)8-18)5-11-9-20-14-4-2-1-3-13(11)14/h1-5,9,20H,19H2/b10-5+. The average molecular weight is 259 g/mol. The van der Waals surface area contributed by atoms with Gasteiger partial charge in [-0.15, -0.1) is 0 Å². The molecule has 0 spiro atoms. The molecule has 0 amide bonds. The highest BCUT2D eigenvalue weighted by Crippen LogP contribution is 2.21. The predicted octanol–water partition coefficient (Wildman–Crippen LogP) is 2.33. The number of rotatable bonds is 2. The molecular formula is C15H9N5. The molecule has 1 aromatic carbocycles. The van der Waals surface area contributed by atoms with Gasteiger partial charge in [0.1, 0.15) is 18.2 Å². The van der Waals surface area contributed by atoms with Crippen LogP contribution in [0, 0.1) is 34.0 Å². The molecule has 2 rings (SSSR count). The lowest BCUT2D eigenvalue weighted by atomic mass is 10.1. The van der Waals surface area contributed by atoms with Crippen LogP contribution in [0.4, 0.5) is 0 Å². The van der Waals surface area contributed by atoms with Crippen LogP contribution in [0.2, 0.25) is 0 Å². The zero-order valence-corrected chi connectivity index (χ0v) is 10.4. The number of nitriles is 3. The lowest BCUT2D eigenvalue weighted by molar-refractivity contribution is 1.31. The Hall–Kier alpha value is -3.49. The normalized spacial score (nSPS) is 10.3. The van der Waals surface area contributed by atoms with E-state index in [4.69, 9.17) is 21.5 Å². The minimum Gasteiger partial charge on any atom is -0.396 e. The Morgan fingerprint density at radius 2 is 1.80 bits per heavy atom. The number of fused-ring (bicyclic) bond motifs is 1. The van der Waals surface area contributed by atoms with E-state index >= 15 is 0 Å². The lowest BCUT2D eigenvalue weighted by Gasteiger charge is -1.98. The minimum absolute atomic E-state index is 0.0906. The van der Waals surface area contributed by atoms with E-state index in [1.54, 1.807) is 24.4 Å². The van der Waals surface area contributed by atoms with Gasteiger partial charge in [0.2, 0.25) is 0 Å². The molecule has 5 heteroatoms. The topological polar surface area (TPSA) is 113 Å². The van der Waals surface area contributed by atoms with Gasteiger partial charge < -0.3 is 10.7 Å². The average Bonchev–Trinajstić information content (AvgIpc) is 2.89. The molecule has 20 heavy (non-hydrogen) atoms. The van der Waals surface area contributed by atoms with Gasteiger partial charge in [0.05, 0.1) is 11.3 Å². The maximum absolute atomic E-state index is 9.15. The fraction of sp³-hybridized carbons (Fsp3) is 0. The number of nitrogens with two attached hydrogens (primary N) is 1. The number of benzene rings is 1. The molecule has 1 aromatic heterocycles. The van der Waals surface area contributed by atoms with Crippen LogP contribution in [-0.2, 0) is 0 Å². The molecule has 0 fully saturated rings. The highest BCUT2D eigenvalue weighted by atomic mass is 14.7. The minimum atomic E-state index is -0.266.